The number of tetrazole rings is 1. The predicted molar refractivity (Wildman–Crippen MR) is 187 cm³/mol. The summed E-state index contributed by atoms with van der Waals surface area (Å²) >= 11 is 6.95. The number of methoxy groups -OCH3 is 2. The second kappa shape index (κ2) is 15.7. The highest BCUT2D eigenvalue weighted by atomic mass is 32.2. The lowest BCUT2D eigenvalue weighted by Crippen LogP contribution is -2.38. The number of hydrogen-bond donors (Lipinski definition) is 1. The van der Waals surface area contributed by atoms with Crippen molar-refractivity contribution in [2.75, 3.05) is 60.2 Å². The molecule has 0 bridgehead atoms. The Labute approximate surface area is 283 Å². The van der Waals surface area contributed by atoms with Gasteiger partial charge >= 0.3 is 0 Å². The van der Waals surface area contributed by atoms with E-state index in [9.17, 15) is 4.79 Å². The molecule has 11 nitrogen and oxygen atoms in total. The molecule has 1 N–H and O–H groups in total. The summed E-state index contributed by atoms with van der Waals surface area (Å²) in [6, 6.07) is 16.3. The SMILES string of the molecule is COc1ccc2cc(-c3cc(C=C4SC(=S)N(CCCCCc5nn[nH]n5)C4=O)cc(OC)c3OCCN3CCOCC3)ccc2c1. The maximum Gasteiger partial charge on any atom is 0.266 e. The van der Waals surface area contributed by atoms with E-state index in [1.54, 1.807) is 19.1 Å². The normalized spacial score (nSPS) is 16.4. The van der Waals surface area contributed by atoms with Gasteiger partial charge in [-0.3, -0.25) is 14.6 Å². The number of thioether (sulfide) groups is 1. The smallest absolute Gasteiger partial charge is 0.266 e. The number of aromatic amines is 1. The number of unbranched alkanes of at least 4 members (excludes halogenated alkanes) is 2. The van der Waals surface area contributed by atoms with E-state index in [1.165, 1.54) is 11.8 Å². The van der Waals surface area contributed by atoms with Crippen molar-refractivity contribution in [2.45, 2.75) is 25.7 Å². The Morgan fingerprint density at radius 1 is 1.00 bits per heavy atom. The number of benzene rings is 3. The molecule has 2 fully saturated rings. The van der Waals surface area contributed by atoms with Crippen LogP contribution in [-0.4, -0.2) is 101 Å². The number of amides is 1. The van der Waals surface area contributed by atoms with E-state index >= 15 is 0 Å². The third kappa shape index (κ3) is 8.10. The lowest BCUT2D eigenvalue weighted by Gasteiger charge is -2.26. The summed E-state index contributed by atoms with van der Waals surface area (Å²) in [5.41, 5.74) is 2.69. The van der Waals surface area contributed by atoms with Crippen LogP contribution in [0.25, 0.3) is 28.0 Å². The highest BCUT2D eigenvalue weighted by Gasteiger charge is 2.31. The highest BCUT2D eigenvalue weighted by Crippen LogP contribution is 2.42. The average Bonchev–Trinajstić information content (AvgIpc) is 3.72. The van der Waals surface area contributed by atoms with Crippen molar-refractivity contribution < 1.29 is 23.7 Å². The first-order chi connectivity index (χ1) is 23.0. The number of rotatable bonds is 14. The van der Waals surface area contributed by atoms with E-state index in [1.807, 2.05) is 30.3 Å². The zero-order chi connectivity index (χ0) is 32.6. The van der Waals surface area contributed by atoms with Crippen LogP contribution < -0.4 is 14.2 Å². The monoisotopic (exact) mass is 674 g/mol. The van der Waals surface area contributed by atoms with Crippen molar-refractivity contribution in [1.82, 2.24) is 30.4 Å². The molecule has 6 rings (SSSR count). The van der Waals surface area contributed by atoms with Gasteiger partial charge in [-0.25, -0.2) is 0 Å². The van der Waals surface area contributed by atoms with Crippen molar-refractivity contribution in [3.05, 3.63) is 64.8 Å². The van der Waals surface area contributed by atoms with Crippen molar-refractivity contribution in [1.29, 1.82) is 0 Å². The van der Waals surface area contributed by atoms with Crippen molar-refractivity contribution in [3.8, 4) is 28.4 Å². The molecule has 2 aliphatic rings. The molecular weight excluding hydrogens is 637 g/mol. The Morgan fingerprint density at radius 3 is 2.62 bits per heavy atom. The number of fused-ring (bicyclic) bond motifs is 1. The van der Waals surface area contributed by atoms with Crippen molar-refractivity contribution >= 4 is 51.1 Å². The van der Waals surface area contributed by atoms with E-state index in [2.05, 4.69) is 49.8 Å². The first-order valence-corrected chi connectivity index (χ1v) is 17.0. The van der Waals surface area contributed by atoms with Gasteiger partial charge in [0.15, 0.2) is 17.3 Å². The predicted octanol–water partition coefficient (Wildman–Crippen LogP) is 5.36. The summed E-state index contributed by atoms with van der Waals surface area (Å²) in [6.07, 6.45) is 5.31. The summed E-state index contributed by atoms with van der Waals surface area (Å²) in [5, 5.41) is 16.2. The number of H-pyrrole nitrogens is 1. The van der Waals surface area contributed by atoms with Gasteiger partial charge in [0.2, 0.25) is 0 Å². The van der Waals surface area contributed by atoms with E-state index < -0.39 is 0 Å². The maximum absolute atomic E-state index is 13.5. The minimum Gasteiger partial charge on any atom is -0.497 e. The molecule has 2 aliphatic heterocycles. The number of aryl methyl sites for hydroxylation is 1. The molecule has 0 radical (unpaired) electrons. The van der Waals surface area contributed by atoms with Gasteiger partial charge in [0.1, 0.15) is 16.7 Å². The van der Waals surface area contributed by atoms with Gasteiger partial charge < -0.3 is 18.9 Å². The van der Waals surface area contributed by atoms with E-state index in [4.69, 9.17) is 31.2 Å². The average molecular weight is 675 g/mol. The third-order valence-corrected chi connectivity index (χ3v) is 9.63. The van der Waals surface area contributed by atoms with Gasteiger partial charge in [0.25, 0.3) is 5.91 Å². The Kier molecular flexibility index (Phi) is 11.0. The summed E-state index contributed by atoms with van der Waals surface area (Å²) in [5.74, 6) is 2.69. The number of morpholine rings is 1. The molecule has 0 atom stereocenters. The molecule has 3 aromatic carbocycles. The lowest BCUT2D eigenvalue weighted by atomic mass is 9.97. The molecule has 3 heterocycles. The van der Waals surface area contributed by atoms with Gasteiger partial charge in [-0.05, 0) is 71.1 Å². The van der Waals surface area contributed by atoms with Crippen LogP contribution in [0.1, 0.15) is 30.7 Å². The largest absolute Gasteiger partial charge is 0.497 e. The van der Waals surface area contributed by atoms with E-state index in [0.717, 1.165) is 91.7 Å². The lowest BCUT2D eigenvalue weighted by molar-refractivity contribution is -0.122. The van der Waals surface area contributed by atoms with Gasteiger partial charge in [-0.2, -0.15) is 5.21 Å². The van der Waals surface area contributed by atoms with Crippen LogP contribution in [0.3, 0.4) is 0 Å². The summed E-state index contributed by atoms with van der Waals surface area (Å²) < 4.78 is 23.9. The van der Waals surface area contributed by atoms with Crippen LogP contribution in [0.15, 0.2) is 53.4 Å². The molecular formula is C34H38N6O5S2. The first-order valence-electron chi connectivity index (χ1n) is 15.7. The topological polar surface area (TPSA) is 115 Å². The molecule has 13 heteroatoms. The zero-order valence-corrected chi connectivity index (χ0v) is 28.2. The number of ether oxygens (including phenoxy) is 4. The van der Waals surface area contributed by atoms with Crippen LogP contribution in [0, 0.1) is 0 Å². The van der Waals surface area contributed by atoms with Crippen LogP contribution in [-0.2, 0) is 16.0 Å². The Bertz CT molecular complexity index is 1740. The van der Waals surface area contributed by atoms with Gasteiger partial charge in [-0.15, -0.1) is 10.2 Å². The molecule has 4 aromatic rings. The van der Waals surface area contributed by atoms with Crippen LogP contribution in [0.5, 0.6) is 17.2 Å². The molecule has 0 unspecified atom stereocenters. The molecule has 1 aromatic heterocycles. The Hall–Kier alpha value is -4.04. The van der Waals surface area contributed by atoms with Crippen LogP contribution >= 0.6 is 24.0 Å². The van der Waals surface area contributed by atoms with Crippen molar-refractivity contribution in [3.63, 3.8) is 0 Å². The number of carbonyl (C=O) groups excluding carboxylic acids is 1. The summed E-state index contributed by atoms with van der Waals surface area (Å²) in [4.78, 5) is 18.1. The molecule has 47 heavy (non-hydrogen) atoms. The number of hydrogen-bond acceptors (Lipinski definition) is 11. The number of aromatic nitrogens is 4. The quantitative estimate of drug-likeness (QED) is 0.106. The van der Waals surface area contributed by atoms with Gasteiger partial charge in [-0.1, -0.05) is 53.8 Å². The van der Waals surface area contributed by atoms with E-state index in [0.29, 0.717) is 39.7 Å². The number of nitrogens with one attached hydrogen (secondary N) is 1. The number of thiocarbonyl (C=S) groups is 1. The van der Waals surface area contributed by atoms with Crippen molar-refractivity contribution in [2.24, 2.45) is 0 Å². The minimum absolute atomic E-state index is 0.0795. The molecule has 0 spiro atoms. The van der Waals surface area contributed by atoms with E-state index in [-0.39, 0.29) is 5.91 Å². The second-order valence-corrected chi connectivity index (χ2v) is 13.0. The van der Waals surface area contributed by atoms with Gasteiger partial charge in [0.05, 0.1) is 32.3 Å². The summed E-state index contributed by atoms with van der Waals surface area (Å²) in [6.45, 7) is 5.10. The minimum atomic E-state index is -0.0795. The third-order valence-electron chi connectivity index (χ3n) is 8.26. The van der Waals surface area contributed by atoms with Crippen LogP contribution in [0.2, 0.25) is 0 Å². The Balaban J connectivity index is 1.24. The molecule has 0 saturated carbocycles. The number of nitrogens with zero attached hydrogens (tertiary/aromatic N) is 5. The molecule has 0 aliphatic carbocycles. The summed E-state index contributed by atoms with van der Waals surface area (Å²) in [7, 11) is 3.31. The Morgan fingerprint density at radius 2 is 1.83 bits per heavy atom. The molecule has 246 valence electrons. The number of carbonyl (C=O) groups is 1. The first kappa shape index (κ1) is 32.9. The fourth-order valence-corrected chi connectivity index (χ4v) is 7.01. The standard InChI is InChI=1S/C34H38N6O5S2/c1-42-27-10-9-24-21-26(8-7-25(24)22-27)28-18-23(19-29(43-2)32(28)45-17-14-39-12-15-44-16-13-39)20-30-33(41)40(34(46)47-30)11-5-3-4-6-31-35-37-38-36-31/h7-10,18-22H,3-6,11-17H2,1-2H3,(H,35,36,37,38). The molecule has 1 amide bonds. The second-order valence-electron chi connectivity index (χ2n) is 11.3. The molecule has 2 saturated heterocycles. The maximum atomic E-state index is 13.5. The van der Waals surface area contributed by atoms with Gasteiger partial charge in [0, 0.05) is 38.2 Å². The fraction of sp³-hybridized carbons (Fsp3) is 0.382. The fourth-order valence-electron chi connectivity index (χ4n) is 5.70. The highest BCUT2D eigenvalue weighted by molar-refractivity contribution is 8.26. The zero-order valence-electron chi connectivity index (χ0n) is 26.6. The van der Waals surface area contributed by atoms with Crippen LogP contribution in [0.4, 0.5) is 0 Å².